The lowest BCUT2D eigenvalue weighted by Gasteiger charge is -2.05. The zero-order valence-electron chi connectivity index (χ0n) is 7.10. The van der Waals surface area contributed by atoms with Crippen molar-refractivity contribution in [1.29, 1.82) is 0 Å². The first-order valence-corrected chi connectivity index (χ1v) is 5.05. The van der Waals surface area contributed by atoms with E-state index < -0.39 is 6.10 Å². The van der Waals surface area contributed by atoms with Gasteiger partial charge in [0.05, 0.1) is 6.10 Å². The van der Waals surface area contributed by atoms with Gasteiger partial charge >= 0.3 is 0 Å². The number of benzene rings is 1. The second-order valence-corrected chi connectivity index (χ2v) is 3.85. The lowest BCUT2D eigenvalue weighted by Crippen LogP contribution is -2.10. The highest BCUT2D eigenvalue weighted by Gasteiger charge is 2.10. The second-order valence-electron chi connectivity index (χ2n) is 2.94. The predicted molar refractivity (Wildman–Crippen MR) is 55.8 cm³/mol. The fourth-order valence-corrected chi connectivity index (χ4v) is 2.39. The van der Waals surface area contributed by atoms with Crippen LogP contribution < -0.4 is 5.73 Å². The van der Waals surface area contributed by atoms with Crippen molar-refractivity contribution in [2.45, 2.75) is 6.10 Å². The molecule has 3 heteroatoms. The number of nitrogens with two attached hydrogens (primary N) is 1. The van der Waals surface area contributed by atoms with E-state index in [2.05, 4.69) is 0 Å². The molecular weight excluding hydrogens is 182 g/mol. The van der Waals surface area contributed by atoms with Gasteiger partial charge in [0, 0.05) is 16.8 Å². The lowest BCUT2D eigenvalue weighted by atomic mass is 10.1. The molecule has 0 aliphatic rings. The lowest BCUT2D eigenvalue weighted by molar-refractivity contribution is 0.188. The number of aliphatic hydroxyl groups excluding tert-OH is 1. The fraction of sp³-hybridized carbons (Fsp3) is 0.200. The van der Waals surface area contributed by atoms with Crippen LogP contribution in [-0.4, -0.2) is 11.7 Å². The molecule has 0 fully saturated rings. The van der Waals surface area contributed by atoms with Gasteiger partial charge in [-0.15, -0.1) is 11.3 Å². The molecule has 0 bridgehead atoms. The number of thiophene rings is 1. The summed E-state index contributed by atoms with van der Waals surface area (Å²) >= 11 is 1.64. The summed E-state index contributed by atoms with van der Waals surface area (Å²) in [5, 5.41) is 12.7. The van der Waals surface area contributed by atoms with Crippen LogP contribution >= 0.6 is 11.3 Å². The highest BCUT2D eigenvalue weighted by molar-refractivity contribution is 7.17. The number of hydrogen-bond acceptors (Lipinski definition) is 3. The number of fused-ring (bicyclic) bond motifs is 1. The number of aliphatic hydroxyl groups is 1. The smallest absolute Gasteiger partial charge is 0.0926 e. The molecule has 68 valence electrons. The molecule has 1 atom stereocenters. The van der Waals surface area contributed by atoms with Crippen LogP contribution in [0, 0.1) is 0 Å². The molecule has 1 heterocycles. The minimum Gasteiger partial charge on any atom is -0.387 e. The third-order valence-corrected chi connectivity index (χ3v) is 3.07. The van der Waals surface area contributed by atoms with E-state index in [1.54, 1.807) is 11.3 Å². The van der Waals surface area contributed by atoms with Crippen molar-refractivity contribution in [1.82, 2.24) is 0 Å². The third-order valence-electron chi connectivity index (χ3n) is 2.09. The second kappa shape index (κ2) is 3.46. The first kappa shape index (κ1) is 8.69. The monoisotopic (exact) mass is 193 g/mol. The molecule has 2 rings (SSSR count). The average Bonchev–Trinajstić information content (AvgIpc) is 2.60. The molecule has 0 saturated heterocycles. The molecule has 0 aliphatic heterocycles. The maximum Gasteiger partial charge on any atom is 0.0926 e. The Morgan fingerprint density at radius 2 is 2.15 bits per heavy atom. The molecule has 13 heavy (non-hydrogen) atoms. The Bertz CT molecular complexity index is 410. The van der Waals surface area contributed by atoms with E-state index in [-0.39, 0.29) is 6.54 Å². The van der Waals surface area contributed by atoms with Gasteiger partial charge in [0.1, 0.15) is 0 Å². The molecule has 3 N–H and O–H groups in total. The van der Waals surface area contributed by atoms with Gasteiger partial charge in [-0.2, -0.15) is 0 Å². The van der Waals surface area contributed by atoms with Crippen molar-refractivity contribution in [2.24, 2.45) is 5.73 Å². The van der Waals surface area contributed by atoms with Crippen LogP contribution in [0.2, 0.25) is 0 Å². The summed E-state index contributed by atoms with van der Waals surface area (Å²) in [7, 11) is 0. The first-order chi connectivity index (χ1) is 6.33. The molecule has 0 saturated carbocycles. The summed E-state index contributed by atoms with van der Waals surface area (Å²) in [6, 6.07) is 8.03. The van der Waals surface area contributed by atoms with Crippen LogP contribution in [0.3, 0.4) is 0 Å². The standard InChI is InChI=1S/C10H11NOS/c11-5-9(12)8-6-13-10-4-2-1-3-7(8)10/h1-4,6,9,12H,5,11H2/t9-/m1/s1. The third kappa shape index (κ3) is 1.46. The van der Waals surface area contributed by atoms with Crippen molar-refractivity contribution < 1.29 is 5.11 Å². The molecule has 0 spiro atoms. The van der Waals surface area contributed by atoms with E-state index >= 15 is 0 Å². The van der Waals surface area contributed by atoms with Crippen molar-refractivity contribution >= 4 is 21.4 Å². The van der Waals surface area contributed by atoms with Crippen LogP contribution in [0.5, 0.6) is 0 Å². The summed E-state index contributed by atoms with van der Waals surface area (Å²) < 4.78 is 1.20. The van der Waals surface area contributed by atoms with Crippen molar-refractivity contribution in [3.63, 3.8) is 0 Å². The molecule has 0 amide bonds. The van der Waals surface area contributed by atoms with Crippen molar-refractivity contribution in [3.05, 3.63) is 35.2 Å². The van der Waals surface area contributed by atoms with Gasteiger partial charge in [-0.3, -0.25) is 0 Å². The Labute approximate surface area is 80.6 Å². The van der Waals surface area contributed by atoms with E-state index in [0.29, 0.717) is 0 Å². The maximum atomic E-state index is 9.60. The summed E-state index contributed by atoms with van der Waals surface area (Å²) in [6.07, 6.45) is -0.531. The molecule has 2 aromatic rings. The van der Waals surface area contributed by atoms with Crippen LogP contribution in [-0.2, 0) is 0 Å². The van der Waals surface area contributed by atoms with Crippen LogP contribution in [0.15, 0.2) is 29.6 Å². The Kier molecular flexibility index (Phi) is 2.31. The number of hydrogen-bond donors (Lipinski definition) is 2. The van der Waals surface area contributed by atoms with Crippen LogP contribution in [0.25, 0.3) is 10.1 Å². The van der Waals surface area contributed by atoms with Gasteiger partial charge in [-0.25, -0.2) is 0 Å². The first-order valence-electron chi connectivity index (χ1n) is 4.17. The van der Waals surface area contributed by atoms with Gasteiger partial charge in [0.2, 0.25) is 0 Å². The highest BCUT2D eigenvalue weighted by atomic mass is 32.1. The Balaban J connectivity index is 2.57. The Morgan fingerprint density at radius 3 is 2.92 bits per heavy atom. The zero-order chi connectivity index (χ0) is 9.26. The molecule has 1 aromatic heterocycles. The predicted octanol–water partition coefficient (Wildman–Crippen LogP) is 1.89. The van der Waals surface area contributed by atoms with Gasteiger partial charge < -0.3 is 10.8 Å². The Morgan fingerprint density at radius 1 is 1.38 bits per heavy atom. The van der Waals surface area contributed by atoms with Crippen LogP contribution in [0.4, 0.5) is 0 Å². The minimum absolute atomic E-state index is 0.278. The molecular formula is C10H11NOS. The largest absolute Gasteiger partial charge is 0.387 e. The summed E-state index contributed by atoms with van der Waals surface area (Å²) in [5.41, 5.74) is 6.36. The van der Waals surface area contributed by atoms with Crippen molar-refractivity contribution in [3.8, 4) is 0 Å². The molecule has 0 radical (unpaired) electrons. The van der Waals surface area contributed by atoms with Gasteiger partial charge in [-0.05, 0) is 16.8 Å². The SMILES string of the molecule is NC[C@@H](O)c1csc2ccccc12. The summed E-state index contributed by atoms with van der Waals surface area (Å²) in [4.78, 5) is 0. The van der Waals surface area contributed by atoms with Gasteiger partial charge in [0.15, 0.2) is 0 Å². The normalized spacial score (nSPS) is 13.4. The van der Waals surface area contributed by atoms with E-state index in [4.69, 9.17) is 5.73 Å². The van der Waals surface area contributed by atoms with E-state index in [0.717, 1.165) is 10.9 Å². The maximum absolute atomic E-state index is 9.60. The topological polar surface area (TPSA) is 46.2 Å². The van der Waals surface area contributed by atoms with E-state index in [1.165, 1.54) is 4.70 Å². The van der Waals surface area contributed by atoms with Crippen molar-refractivity contribution in [2.75, 3.05) is 6.54 Å². The summed E-state index contributed by atoms with van der Waals surface area (Å²) in [5.74, 6) is 0. The van der Waals surface area contributed by atoms with Crippen LogP contribution in [0.1, 0.15) is 11.7 Å². The summed E-state index contributed by atoms with van der Waals surface area (Å²) in [6.45, 7) is 0.278. The highest BCUT2D eigenvalue weighted by Crippen LogP contribution is 2.29. The molecule has 0 aliphatic carbocycles. The number of rotatable bonds is 2. The van der Waals surface area contributed by atoms with Gasteiger partial charge in [-0.1, -0.05) is 18.2 Å². The Hall–Kier alpha value is -0.900. The van der Waals surface area contributed by atoms with E-state index in [9.17, 15) is 5.11 Å². The molecule has 1 aromatic carbocycles. The minimum atomic E-state index is -0.531. The zero-order valence-corrected chi connectivity index (χ0v) is 7.92. The molecule has 2 nitrogen and oxygen atoms in total. The van der Waals surface area contributed by atoms with Gasteiger partial charge in [0.25, 0.3) is 0 Å². The molecule has 0 unspecified atom stereocenters. The fourth-order valence-electron chi connectivity index (χ4n) is 1.38. The quantitative estimate of drug-likeness (QED) is 0.765. The van der Waals surface area contributed by atoms with E-state index in [1.807, 2.05) is 29.6 Å². The average molecular weight is 193 g/mol.